The SMILES string of the molecule is CC(C)(C)OC(=O)N1CCc2cnc(Nc3cnc4c(c3)CC(O)CC4)nc2C1. The van der Waals surface area contributed by atoms with Gasteiger partial charge in [-0.2, -0.15) is 0 Å². The van der Waals surface area contributed by atoms with Gasteiger partial charge in [0.2, 0.25) is 5.95 Å². The van der Waals surface area contributed by atoms with Crippen molar-refractivity contribution in [3.8, 4) is 0 Å². The minimum atomic E-state index is -0.525. The number of pyridine rings is 1. The van der Waals surface area contributed by atoms with E-state index in [1.165, 1.54) is 0 Å². The summed E-state index contributed by atoms with van der Waals surface area (Å²) in [4.78, 5) is 27.6. The van der Waals surface area contributed by atoms with Crippen LogP contribution in [0.4, 0.5) is 16.4 Å². The lowest BCUT2D eigenvalue weighted by Crippen LogP contribution is -2.40. The number of carbonyl (C=O) groups excluding carboxylic acids is 1. The van der Waals surface area contributed by atoms with Crippen LogP contribution in [0.2, 0.25) is 0 Å². The summed E-state index contributed by atoms with van der Waals surface area (Å²) in [6.45, 7) is 6.57. The van der Waals surface area contributed by atoms with Crippen molar-refractivity contribution in [1.29, 1.82) is 0 Å². The van der Waals surface area contributed by atoms with Gasteiger partial charge < -0.3 is 20.1 Å². The molecule has 0 saturated heterocycles. The summed E-state index contributed by atoms with van der Waals surface area (Å²) in [7, 11) is 0. The highest BCUT2D eigenvalue weighted by Gasteiger charge is 2.27. The van der Waals surface area contributed by atoms with E-state index in [2.05, 4.69) is 20.3 Å². The third kappa shape index (κ3) is 4.64. The van der Waals surface area contributed by atoms with Crippen molar-refractivity contribution in [2.24, 2.45) is 0 Å². The van der Waals surface area contributed by atoms with E-state index < -0.39 is 5.60 Å². The van der Waals surface area contributed by atoms with E-state index in [0.717, 1.165) is 41.0 Å². The van der Waals surface area contributed by atoms with Crippen LogP contribution in [-0.2, 0) is 30.5 Å². The lowest BCUT2D eigenvalue weighted by Gasteiger charge is -2.30. The summed E-state index contributed by atoms with van der Waals surface area (Å²) < 4.78 is 5.48. The zero-order valence-corrected chi connectivity index (χ0v) is 17.1. The molecule has 1 atom stereocenters. The van der Waals surface area contributed by atoms with Crippen molar-refractivity contribution >= 4 is 17.7 Å². The molecule has 4 rings (SSSR count). The second-order valence-electron chi connectivity index (χ2n) is 8.67. The summed E-state index contributed by atoms with van der Waals surface area (Å²) in [5.41, 5.74) is 4.23. The van der Waals surface area contributed by atoms with E-state index in [0.29, 0.717) is 31.9 Å². The van der Waals surface area contributed by atoms with Crippen LogP contribution in [0.1, 0.15) is 49.7 Å². The first kappa shape index (κ1) is 19.6. The van der Waals surface area contributed by atoms with E-state index in [-0.39, 0.29) is 12.2 Å². The van der Waals surface area contributed by atoms with Gasteiger partial charge in [0, 0.05) is 24.9 Å². The van der Waals surface area contributed by atoms with Gasteiger partial charge in [-0.05, 0) is 57.2 Å². The third-order valence-corrected chi connectivity index (χ3v) is 5.08. The molecule has 0 radical (unpaired) electrons. The van der Waals surface area contributed by atoms with Gasteiger partial charge in [-0.1, -0.05) is 0 Å². The second-order valence-corrected chi connectivity index (χ2v) is 8.67. The molecule has 2 aliphatic rings. The summed E-state index contributed by atoms with van der Waals surface area (Å²) in [6.07, 6.45) is 5.83. The Kier molecular flexibility index (Phi) is 5.12. The van der Waals surface area contributed by atoms with E-state index in [1.54, 1.807) is 11.1 Å². The van der Waals surface area contributed by atoms with Gasteiger partial charge >= 0.3 is 6.09 Å². The minimum absolute atomic E-state index is 0.307. The van der Waals surface area contributed by atoms with Crippen LogP contribution in [0.3, 0.4) is 0 Å². The fraction of sp³-hybridized carbons (Fsp3) is 0.524. The van der Waals surface area contributed by atoms with Crippen molar-refractivity contribution in [1.82, 2.24) is 19.9 Å². The van der Waals surface area contributed by atoms with Crippen molar-refractivity contribution < 1.29 is 14.6 Å². The van der Waals surface area contributed by atoms with Crippen LogP contribution >= 0.6 is 0 Å². The molecule has 1 unspecified atom stereocenters. The monoisotopic (exact) mass is 397 g/mol. The van der Waals surface area contributed by atoms with Gasteiger partial charge in [0.1, 0.15) is 5.60 Å². The second kappa shape index (κ2) is 7.59. The summed E-state index contributed by atoms with van der Waals surface area (Å²) in [6, 6.07) is 2.00. The smallest absolute Gasteiger partial charge is 0.410 e. The lowest BCUT2D eigenvalue weighted by molar-refractivity contribution is 0.0220. The van der Waals surface area contributed by atoms with Crippen LogP contribution in [0.25, 0.3) is 0 Å². The Bertz CT molecular complexity index is 925. The number of nitrogens with zero attached hydrogens (tertiary/aromatic N) is 4. The average Bonchev–Trinajstić information content (AvgIpc) is 2.66. The molecule has 2 aromatic rings. The molecule has 0 aromatic carbocycles. The number of nitrogens with one attached hydrogen (secondary N) is 1. The number of anilines is 2. The maximum absolute atomic E-state index is 12.4. The van der Waals surface area contributed by atoms with Crippen LogP contribution < -0.4 is 5.32 Å². The number of carbonyl (C=O) groups is 1. The summed E-state index contributed by atoms with van der Waals surface area (Å²) >= 11 is 0. The van der Waals surface area contributed by atoms with Crippen molar-refractivity contribution in [2.45, 2.75) is 64.7 Å². The first-order chi connectivity index (χ1) is 13.8. The summed E-state index contributed by atoms with van der Waals surface area (Å²) in [5, 5.41) is 13.1. The molecule has 0 saturated carbocycles. The Morgan fingerprint density at radius 2 is 2.03 bits per heavy atom. The molecule has 154 valence electrons. The van der Waals surface area contributed by atoms with Gasteiger partial charge in [0.25, 0.3) is 0 Å². The largest absolute Gasteiger partial charge is 0.444 e. The fourth-order valence-electron chi connectivity index (χ4n) is 3.64. The van der Waals surface area contributed by atoms with Crippen LogP contribution in [-0.4, -0.2) is 49.3 Å². The van der Waals surface area contributed by atoms with E-state index in [9.17, 15) is 9.90 Å². The van der Waals surface area contributed by atoms with E-state index in [4.69, 9.17) is 4.74 Å². The molecule has 8 nitrogen and oxygen atoms in total. The van der Waals surface area contributed by atoms with Crippen molar-refractivity contribution in [3.05, 3.63) is 41.0 Å². The molecule has 1 aliphatic heterocycles. The highest BCUT2D eigenvalue weighted by Crippen LogP contribution is 2.25. The molecule has 0 bridgehead atoms. The standard InChI is InChI=1S/C21H27N5O3/c1-21(2,3)29-20(28)26-7-6-13-10-23-19(25-18(13)12-26)24-15-8-14-9-16(27)4-5-17(14)22-11-15/h8,10-11,16,27H,4-7,9,12H2,1-3H3,(H,23,24,25). The molecule has 8 heteroatoms. The molecule has 1 aliphatic carbocycles. The maximum Gasteiger partial charge on any atom is 0.410 e. The van der Waals surface area contributed by atoms with Gasteiger partial charge in [0.15, 0.2) is 0 Å². The average molecular weight is 397 g/mol. The molecule has 0 fully saturated rings. The summed E-state index contributed by atoms with van der Waals surface area (Å²) in [5.74, 6) is 0.466. The number of amides is 1. The molecule has 2 N–H and O–H groups in total. The molecular formula is C21H27N5O3. The number of rotatable bonds is 2. The zero-order chi connectivity index (χ0) is 20.6. The van der Waals surface area contributed by atoms with Gasteiger partial charge in [-0.25, -0.2) is 14.8 Å². The lowest BCUT2D eigenvalue weighted by atomic mass is 9.93. The first-order valence-electron chi connectivity index (χ1n) is 10.0. The number of ether oxygens (including phenoxy) is 1. The molecule has 1 amide bonds. The molecular weight excluding hydrogens is 370 g/mol. The van der Waals surface area contributed by atoms with E-state index in [1.807, 2.05) is 33.0 Å². The van der Waals surface area contributed by atoms with Gasteiger partial charge in [0.05, 0.1) is 30.2 Å². The third-order valence-electron chi connectivity index (χ3n) is 5.08. The normalized spacial score (nSPS) is 18.6. The predicted octanol–water partition coefficient (Wildman–Crippen LogP) is 2.76. The Labute approximate surface area is 170 Å². The Balaban J connectivity index is 1.48. The molecule has 29 heavy (non-hydrogen) atoms. The Morgan fingerprint density at radius 1 is 1.21 bits per heavy atom. The Hall–Kier alpha value is -2.74. The minimum Gasteiger partial charge on any atom is -0.444 e. The number of aryl methyl sites for hydroxylation is 1. The first-order valence-corrected chi connectivity index (χ1v) is 10.0. The quantitative estimate of drug-likeness (QED) is 0.803. The van der Waals surface area contributed by atoms with Gasteiger partial charge in [-0.15, -0.1) is 0 Å². The number of aliphatic hydroxyl groups excluding tert-OH is 1. The Morgan fingerprint density at radius 3 is 2.83 bits per heavy atom. The zero-order valence-electron chi connectivity index (χ0n) is 17.1. The van der Waals surface area contributed by atoms with Crippen molar-refractivity contribution in [3.63, 3.8) is 0 Å². The topological polar surface area (TPSA) is 100 Å². The number of aliphatic hydroxyl groups is 1. The number of hydrogen-bond donors (Lipinski definition) is 2. The van der Waals surface area contributed by atoms with Crippen molar-refractivity contribution in [2.75, 3.05) is 11.9 Å². The number of fused-ring (bicyclic) bond motifs is 2. The molecule has 0 spiro atoms. The van der Waals surface area contributed by atoms with E-state index >= 15 is 0 Å². The van der Waals surface area contributed by atoms with Gasteiger partial charge in [-0.3, -0.25) is 4.98 Å². The fourth-order valence-corrected chi connectivity index (χ4v) is 3.64. The molecule has 3 heterocycles. The molecule has 2 aromatic heterocycles. The highest BCUT2D eigenvalue weighted by atomic mass is 16.6. The maximum atomic E-state index is 12.4. The predicted molar refractivity (Wildman–Crippen MR) is 108 cm³/mol. The van der Waals surface area contributed by atoms with Crippen LogP contribution in [0.5, 0.6) is 0 Å². The number of aromatic nitrogens is 3. The number of hydrogen-bond acceptors (Lipinski definition) is 7. The highest BCUT2D eigenvalue weighted by molar-refractivity contribution is 5.68. The van der Waals surface area contributed by atoms with Crippen LogP contribution in [0, 0.1) is 0 Å². The van der Waals surface area contributed by atoms with Crippen LogP contribution in [0.15, 0.2) is 18.5 Å².